The zero-order valence-corrected chi connectivity index (χ0v) is 14.7. The van der Waals surface area contributed by atoms with E-state index in [1.807, 2.05) is 30.3 Å². The average molecular weight is 330 g/mol. The van der Waals surface area contributed by atoms with Crippen LogP contribution in [0.25, 0.3) is 0 Å². The van der Waals surface area contributed by atoms with Crippen LogP contribution in [0.1, 0.15) is 18.4 Å². The fraction of sp³-hybridized carbons (Fsp3) is 0.462. The fourth-order valence-corrected chi connectivity index (χ4v) is 3.11. The van der Waals surface area contributed by atoms with E-state index < -0.39 is 0 Å². The van der Waals surface area contributed by atoms with Crippen LogP contribution in [0, 0.1) is 0 Å². The van der Waals surface area contributed by atoms with Crippen LogP contribution < -0.4 is 0 Å². The van der Waals surface area contributed by atoms with Gasteiger partial charge in [0.2, 0.25) is 0 Å². The molecule has 2 rings (SSSR count). The number of hydrogen-bond acceptors (Lipinski definition) is 4. The van der Waals surface area contributed by atoms with Crippen molar-refractivity contribution < 1.29 is 9.36 Å². The van der Waals surface area contributed by atoms with Crippen molar-refractivity contribution in [1.82, 2.24) is 4.67 Å². The van der Waals surface area contributed by atoms with E-state index in [2.05, 4.69) is 28.1 Å². The fourth-order valence-electron chi connectivity index (χ4n) is 2.09. The monoisotopic (exact) mass is 330 g/mol. The maximum absolute atomic E-state index is 5.48. The number of piperidine rings is 1. The first-order valence-electron chi connectivity index (χ1n) is 6.60. The average Bonchev–Trinajstić information content (AvgIpc) is 2.47. The van der Waals surface area contributed by atoms with Gasteiger partial charge in [0.05, 0.1) is 12.3 Å². The molecular formula is C13H21N2O2P3. The molecule has 0 radical (unpaired) electrons. The number of rotatable bonds is 6. The molecule has 1 aliphatic heterocycles. The van der Waals surface area contributed by atoms with Gasteiger partial charge in [-0.25, -0.2) is 0 Å². The van der Waals surface area contributed by atoms with Gasteiger partial charge >= 0.3 is 0 Å². The van der Waals surface area contributed by atoms with Crippen molar-refractivity contribution in [3.63, 3.8) is 0 Å². The molecule has 1 aromatic carbocycles. The van der Waals surface area contributed by atoms with Crippen LogP contribution in [0.3, 0.4) is 0 Å². The van der Waals surface area contributed by atoms with Gasteiger partial charge in [0, 0.05) is 21.1 Å². The predicted molar refractivity (Wildman–Crippen MR) is 92.1 cm³/mol. The van der Waals surface area contributed by atoms with Crippen molar-refractivity contribution in [1.29, 1.82) is 0 Å². The first kappa shape index (κ1) is 16.3. The van der Waals surface area contributed by atoms with E-state index in [1.54, 1.807) is 0 Å². The molecular weight excluding hydrogens is 309 g/mol. The Bertz CT molecular complexity index is 431. The molecule has 0 amide bonds. The molecule has 0 saturated carbocycles. The van der Waals surface area contributed by atoms with Crippen molar-refractivity contribution in [3.8, 4) is 0 Å². The predicted octanol–water partition coefficient (Wildman–Crippen LogP) is 3.21. The lowest BCUT2D eigenvalue weighted by atomic mass is 10.0. The summed E-state index contributed by atoms with van der Waals surface area (Å²) in [6, 6.07) is 10.6. The SMILES string of the molecule is PPOC[C@@H]1CCC(=NOCc2ccccc2)CN1P. The van der Waals surface area contributed by atoms with E-state index in [9.17, 15) is 0 Å². The standard InChI is InChI=1S/C13H21N2O2P3/c18-15-8-12(6-7-13(15)10-17-20-19)14-16-9-11-4-2-1-3-5-11/h1-5,13,20H,6-10,18-19H2/t13-/m0/s1. The molecule has 20 heavy (non-hydrogen) atoms. The van der Waals surface area contributed by atoms with Gasteiger partial charge in [-0.15, -0.1) is 0 Å². The van der Waals surface area contributed by atoms with Crippen molar-refractivity contribution >= 4 is 32.5 Å². The van der Waals surface area contributed by atoms with E-state index in [-0.39, 0.29) is 0 Å². The van der Waals surface area contributed by atoms with Gasteiger partial charge in [-0.1, -0.05) is 53.8 Å². The van der Waals surface area contributed by atoms with Gasteiger partial charge in [-0.05, 0) is 18.4 Å². The molecule has 0 N–H and O–H groups in total. The van der Waals surface area contributed by atoms with Crippen molar-refractivity contribution in [2.75, 3.05) is 13.2 Å². The van der Waals surface area contributed by atoms with E-state index in [1.165, 1.54) is 0 Å². The minimum atomic E-state index is 0.459. The first-order valence-corrected chi connectivity index (χ1v) is 9.83. The molecule has 1 heterocycles. The van der Waals surface area contributed by atoms with Gasteiger partial charge < -0.3 is 9.36 Å². The third-order valence-corrected chi connectivity index (χ3v) is 4.66. The summed E-state index contributed by atoms with van der Waals surface area (Å²) in [5.74, 6) is 0. The van der Waals surface area contributed by atoms with E-state index in [0.29, 0.717) is 21.1 Å². The first-order chi connectivity index (χ1) is 9.79. The van der Waals surface area contributed by atoms with Gasteiger partial charge in [-0.3, -0.25) is 4.67 Å². The zero-order chi connectivity index (χ0) is 14.2. The van der Waals surface area contributed by atoms with Gasteiger partial charge in [0.1, 0.15) is 6.61 Å². The van der Waals surface area contributed by atoms with E-state index >= 15 is 0 Å². The lowest BCUT2D eigenvalue weighted by molar-refractivity contribution is 0.126. The molecule has 0 aromatic heterocycles. The topological polar surface area (TPSA) is 34.1 Å². The van der Waals surface area contributed by atoms with Gasteiger partial charge in [0.15, 0.2) is 0 Å². The quantitative estimate of drug-likeness (QED) is 0.593. The number of nitrogens with zero attached hydrogens (tertiary/aromatic N) is 2. The Morgan fingerprint density at radius 1 is 1.35 bits per heavy atom. The summed E-state index contributed by atoms with van der Waals surface area (Å²) in [5.41, 5.74) is 2.24. The van der Waals surface area contributed by atoms with Gasteiger partial charge in [0.25, 0.3) is 0 Å². The molecule has 1 aromatic rings. The Morgan fingerprint density at radius 3 is 2.85 bits per heavy atom. The maximum atomic E-state index is 5.48. The molecule has 1 saturated heterocycles. The molecule has 0 bridgehead atoms. The summed E-state index contributed by atoms with van der Waals surface area (Å²) in [6.45, 7) is 2.14. The summed E-state index contributed by atoms with van der Waals surface area (Å²) in [4.78, 5) is 5.44. The Balaban J connectivity index is 1.76. The Hall–Kier alpha value is -0.100. The van der Waals surface area contributed by atoms with Crippen molar-refractivity contribution in [2.45, 2.75) is 25.5 Å². The van der Waals surface area contributed by atoms with E-state index in [0.717, 1.165) is 37.3 Å². The third-order valence-electron chi connectivity index (χ3n) is 3.23. The highest BCUT2D eigenvalue weighted by atomic mass is 32.0. The summed E-state index contributed by atoms with van der Waals surface area (Å²) in [7, 11) is 5.85. The van der Waals surface area contributed by atoms with Crippen LogP contribution in [-0.2, 0) is 16.0 Å². The van der Waals surface area contributed by atoms with Crippen molar-refractivity contribution in [3.05, 3.63) is 35.9 Å². The molecule has 1 fully saturated rings. The second-order valence-corrected chi connectivity index (χ2v) is 6.61. The van der Waals surface area contributed by atoms with Crippen LogP contribution in [0.15, 0.2) is 35.5 Å². The van der Waals surface area contributed by atoms with Crippen LogP contribution >= 0.6 is 26.8 Å². The van der Waals surface area contributed by atoms with E-state index in [4.69, 9.17) is 9.36 Å². The second-order valence-electron chi connectivity index (χ2n) is 4.71. The van der Waals surface area contributed by atoms with Gasteiger partial charge in [-0.2, -0.15) is 0 Å². The molecule has 4 nitrogen and oxygen atoms in total. The van der Waals surface area contributed by atoms with Crippen LogP contribution in [0.4, 0.5) is 0 Å². The number of hydrogen-bond donors (Lipinski definition) is 0. The zero-order valence-electron chi connectivity index (χ0n) is 11.4. The Morgan fingerprint density at radius 2 is 2.15 bits per heavy atom. The molecule has 3 unspecified atom stereocenters. The smallest absolute Gasteiger partial charge is 0.142 e. The normalized spacial score (nSPS) is 22.7. The molecule has 0 aliphatic carbocycles. The van der Waals surface area contributed by atoms with Crippen LogP contribution in [0.5, 0.6) is 0 Å². The summed E-state index contributed by atoms with van der Waals surface area (Å²) < 4.78 is 7.69. The second kappa shape index (κ2) is 9.03. The third kappa shape index (κ3) is 5.35. The maximum Gasteiger partial charge on any atom is 0.142 e. The number of benzene rings is 1. The highest BCUT2D eigenvalue weighted by Crippen LogP contribution is 2.26. The Kier molecular flexibility index (Phi) is 7.35. The highest BCUT2D eigenvalue weighted by Gasteiger charge is 2.23. The molecule has 0 spiro atoms. The highest BCUT2D eigenvalue weighted by molar-refractivity contribution is 8.00. The molecule has 7 heteroatoms. The molecule has 4 atom stereocenters. The lowest BCUT2D eigenvalue weighted by Gasteiger charge is -2.32. The summed E-state index contributed by atoms with van der Waals surface area (Å²) in [6.07, 6.45) is 2.04. The Labute approximate surface area is 126 Å². The summed E-state index contributed by atoms with van der Waals surface area (Å²) >= 11 is 0. The minimum absolute atomic E-state index is 0.459. The lowest BCUT2D eigenvalue weighted by Crippen LogP contribution is -2.39. The largest absolute Gasteiger partial charge is 0.391 e. The van der Waals surface area contributed by atoms with Crippen LogP contribution in [-0.4, -0.2) is 29.6 Å². The molecule has 110 valence electrons. The minimum Gasteiger partial charge on any atom is -0.391 e. The van der Waals surface area contributed by atoms with Crippen molar-refractivity contribution in [2.24, 2.45) is 5.16 Å². The summed E-state index contributed by atoms with van der Waals surface area (Å²) in [5, 5.41) is 4.26. The molecule has 1 aliphatic rings. The van der Waals surface area contributed by atoms with Crippen LogP contribution in [0.2, 0.25) is 0 Å². The number of oxime groups is 1.